The topological polar surface area (TPSA) is 61.6 Å². The van der Waals surface area contributed by atoms with Crippen LogP contribution in [0.1, 0.15) is 26.7 Å². The van der Waals surface area contributed by atoms with Crippen molar-refractivity contribution in [1.29, 1.82) is 0 Å². The first kappa shape index (κ1) is 17.4. The summed E-state index contributed by atoms with van der Waals surface area (Å²) in [6.45, 7) is 8.27. The maximum atomic E-state index is 11.6. The Morgan fingerprint density at radius 2 is 1.94 bits per heavy atom. The van der Waals surface area contributed by atoms with Crippen LogP contribution in [0.2, 0.25) is 0 Å². The zero-order valence-electron chi connectivity index (χ0n) is 12.4. The molecule has 108 valence electrons. The number of nitrogens with two attached hydrogens (primary N) is 1. The first-order valence-corrected chi connectivity index (χ1v) is 6.90. The van der Waals surface area contributed by atoms with Gasteiger partial charge in [-0.15, -0.1) is 0 Å². The molecular formula is C13H30N4O. The van der Waals surface area contributed by atoms with E-state index in [2.05, 4.69) is 36.1 Å². The standard InChI is InChI=1S/C13H30N4O/c1-5-15-13(18)10-12(11-14)17(6-2)9-7-8-16(3)4/h12H,5-11,14H2,1-4H3,(H,15,18). The smallest absolute Gasteiger partial charge is 0.221 e. The average Bonchev–Trinajstić information content (AvgIpc) is 2.32. The number of nitrogens with zero attached hydrogens (tertiary/aromatic N) is 2. The predicted molar refractivity (Wildman–Crippen MR) is 76.6 cm³/mol. The SMILES string of the molecule is CCNC(=O)CC(CN)N(CC)CCCN(C)C. The zero-order valence-corrected chi connectivity index (χ0v) is 12.4. The largest absolute Gasteiger partial charge is 0.356 e. The molecule has 0 radical (unpaired) electrons. The van der Waals surface area contributed by atoms with Crippen molar-refractivity contribution in [3.05, 3.63) is 0 Å². The number of carbonyl (C=O) groups is 1. The Balaban J connectivity index is 4.16. The molecule has 0 fully saturated rings. The molecule has 0 saturated carbocycles. The summed E-state index contributed by atoms with van der Waals surface area (Å²) in [5.41, 5.74) is 5.79. The van der Waals surface area contributed by atoms with Crippen LogP contribution in [0.3, 0.4) is 0 Å². The average molecular weight is 258 g/mol. The summed E-state index contributed by atoms with van der Waals surface area (Å²) in [5.74, 6) is 0.0963. The summed E-state index contributed by atoms with van der Waals surface area (Å²) >= 11 is 0. The van der Waals surface area contributed by atoms with Crippen molar-refractivity contribution in [3.8, 4) is 0 Å². The number of hydrogen-bond acceptors (Lipinski definition) is 4. The van der Waals surface area contributed by atoms with Crippen molar-refractivity contribution < 1.29 is 4.79 Å². The van der Waals surface area contributed by atoms with Gasteiger partial charge in [0.15, 0.2) is 0 Å². The van der Waals surface area contributed by atoms with Crippen LogP contribution in [0.4, 0.5) is 0 Å². The van der Waals surface area contributed by atoms with Crippen molar-refractivity contribution in [1.82, 2.24) is 15.1 Å². The maximum absolute atomic E-state index is 11.6. The molecular weight excluding hydrogens is 228 g/mol. The maximum Gasteiger partial charge on any atom is 0.221 e. The van der Waals surface area contributed by atoms with Gasteiger partial charge in [-0.2, -0.15) is 0 Å². The molecule has 5 nitrogen and oxygen atoms in total. The molecule has 1 unspecified atom stereocenters. The molecule has 0 spiro atoms. The van der Waals surface area contributed by atoms with Gasteiger partial charge in [0.25, 0.3) is 0 Å². The van der Waals surface area contributed by atoms with E-state index in [0.717, 1.165) is 26.1 Å². The van der Waals surface area contributed by atoms with E-state index in [4.69, 9.17) is 5.73 Å². The number of amides is 1. The van der Waals surface area contributed by atoms with Gasteiger partial charge < -0.3 is 16.0 Å². The highest BCUT2D eigenvalue weighted by molar-refractivity contribution is 5.76. The minimum atomic E-state index is 0.0963. The molecule has 0 aliphatic heterocycles. The fourth-order valence-corrected chi connectivity index (χ4v) is 2.03. The highest BCUT2D eigenvalue weighted by Gasteiger charge is 2.18. The fraction of sp³-hybridized carbons (Fsp3) is 0.923. The van der Waals surface area contributed by atoms with Crippen LogP contribution >= 0.6 is 0 Å². The van der Waals surface area contributed by atoms with Gasteiger partial charge in [0.05, 0.1) is 0 Å². The third-order valence-corrected chi connectivity index (χ3v) is 3.04. The molecule has 5 heteroatoms. The van der Waals surface area contributed by atoms with Gasteiger partial charge in [0, 0.05) is 25.6 Å². The molecule has 0 saturated heterocycles. The van der Waals surface area contributed by atoms with Gasteiger partial charge >= 0.3 is 0 Å². The van der Waals surface area contributed by atoms with E-state index < -0.39 is 0 Å². The summed E-state index contributed by atoms with van der Waals surface area (Å²) in [6, 6.07) is 0.156. The Bertz CT molecular complexity index is 221. The molecule has 0 aromatic carbocycles. The molecule has 0 aliphatic carbocycles. The first-order chi connectivity index (χ1) is 8.54. The monoisotopic (exact) mass is 258 g/mol. The Morgan fingerprint density at radius 1 is 1.28 bits per heavy atom. The lowest BCUT2D eigenvalue weighted by Crippen LogP contribution is -2.44. The van der Waals surface area contributed by atoms with Gasteiger partial charge in [-0.3, -0.25) is 9.69 Å². The summed E-state index contributed by atoms with van der Waals surface area (Å²) in [5, 5.41) is 2.83. The summed E-state index contributed by atoms with van der Waals surface area (Å²) in [6.07, 6.45) is 1.60. The van der Waals surface area contributed by atoms with Crippen LogP contribution in [0.5, 0.6) is 0 Å². The van der Waals surface area contributed by atoms with Crippen LogP contribution in [-0.2, 0) is 4.79 Å². The van der Waals surface area contributed by atoms with E-state index in [9.17, 15) is 4.79 Å². The molecule has 0 aromatic rings. The Kier molecular flexibility index (Phi) is 9.92. The summed E-state index contributed by atoms with van der Waals surface area (Å²) < 4.78 is 0. The van der Waals surface area contributed by atoms with Crippen LogP contribution in [0.15, 0.2) is 0 Å². The van der Waals surface area contributed by atoms with E-state index >= 15 is 0 Å². The van der Waals surface area contributed by atoms with Crippen molar-refractivity contribution in [2.24, 2.45) is 5.73 Å². The van der Waals surface area contributed by atoms with Crippen molar-refractivity contribution in [3.63, 3.8) is 0 Å². The highest BCUT2D eigenvalue weighted by Crippen LogP contribution is 2.04. The van der Waals surface area contributed by atoms with Crippen LogP contribution in [0, 0.1) is 0 Å². The molecule has 0 rings (SSSR count). The minimum Gasteiger partial charge on any atom is -0.356 e. The second kappa shape index (κ2) is 10.3. The lowest BCUT2D eigenvalue weighted by molar-refractivity contribution is -0.122. The predicted octanol–water partition coefficient (Wildman–Crippen LogP) is 0.114. The Labute approximate surface area is 112 Å². The van der Waals surface area contributed by atoms with Gasteiger partial charge in [0.2, 0.25) is 5.91 Å². The third kappa shape index (κ3) is 7.63. The van der Waals surface area contributed by atoms with Gasteiger partial charge in [-0.25, -0.2) is 0 Å². The zero-order chi connectivity index (χ0) is 14.0. The Hall–Kier alpha value is -0.650. The fourth-order valence-electron chi connectivity index (χ4n) is 2.03. The van der Waals surface area contributed by atoms with E-state index in [1.54, 1.807) is 0 Å². The van der Waals surface area contributed by atoms with Gasteiger partial charge in [0.1, 0.15) is 0 Å². The normalized spacial score (nSPS) is 13.1. The molecule has 0 aliphatic rings. The molecule has 3 N–H and O–H groups in total. The molecule has 18 heavy (non-hydrogen) atoms. The number of rotatable bonds is 10. The summed E-state index contributed by atoms with van der Waals surface area (Å²) in [4.78, 5) is 16.1. The van der Waals surface area contributed by atoms with Crippen LogP contribution < -0.4 is 11.1 Å². The second-order valence-electron chi connectivity index (χ2n) is 4.83. The Morgan fingerprint density at radius 3 is 2.39 bits per heavy atom. The van der Waals surface area contributed by atoms with Crippen molar-refractivity contribution in [2.45, 2.75) is 32.7 Å². The van der Waals surface area contributed by atoms with Crippen molar-refractivity contribution >= 4 is 5.91 Å². The van der Waals surface area contributed by atoms with Gasteiger partial charge in [-0.05, 0) is 47.1 Å². The van der Waals surface area contributed by atoms with E-state index in [1.165, 1.54) is 0 Å². The molecule has 0 heterocycles. The minimum absolute atomic E-state index is 0.0963. The van der Waals surface area contributed by atoms with E-state index in [1.807, 2.05) is 6.92 Å². The number of carbonyl (C=O) groups excluding carboxylic acids is 1. The number of nitrogens with one attached hydrogen (secondary N) is 1. The second-order valence-corrected chi connectivity index (χ2v) is 4.83. The summed E-state index contributed by atoms with van der Waals surface area (Å²) in [7, 11) is 4.15. The third-order valence-electron chi connectivity index (χ3n) is 3.04. The number of hydrogen-bond donors (Lipinski definition) is 2. The number of likely N-dealkylation sites (N-methyl/N-ethyl adjacent to an activating group) is 1. The molecule has 1 atom stereocenters. The lowest BCUT2D eigenvalue weighted by atomic mass is 10.1. The van der Waals surface area contributed by atoms with Crippen molar-refractivity contribution in [2.75, 3.05) is 46.8 Å². The van der Waals surface area contributed by atoms with E-state index in [-0.39, 0.29) is 11.9 Å². The lowest BCUT2D eigenvalue weighted by Gasteiger charge is -2.29. The molecule has 0 aromatic heterocycles. The van der Waals surface area contributed by atoms with Crippen LogP contribution in [-0.4, -0.2) is 68.6 Å². The molecule has 0 bridgehead atoms. The van der Waals surface area contributed by atoms with Gasteiger partial charge in [-0.1, -0.05) is 6.92 Å². The molecule has 1 amide bonds. The van der Waals surface area contributed by atoms with Crippen LogP contribution in [0.25, 0.3) is 0 Å². The quantitative estimate of drug-likeness (QED) is 0.584. The van der Waals surface area contributed by atoms with E-state index in [0.29, 0.717) is 19.5 Å². The highest BCUT2D eigenvalue weighted by atomic mass is 16.1. The first-order valence-electron chi connectivity index (χ1n) is 6.90.